The maximum absolute atomic E-state index is 11.2. The third kappa shape index (κ3) is 1.45. The Balaban J connectivity index is 2.75. The molecule has 0 aliphatic rings. The molecule has 0 amide bonds. The highest BCUT2D eigenvalue weighted by Crippen LogP contribution is 2.19. The molecule has 68 valence electrons. The van der Waals surface area contributed by atoms with Gasteiger partial charge in [-0.2, -0.15) is 0 Å². The van der Waals surface area contributed by atoms with Gasteiger partial charge in [0.1, 0.15) is 5.58 Å². The Kier molecular flexibility index (Phi) is 1.66. The van der Waals surface area contributed by atoms with Crippen LogP contribution in [0.2, 0.25) is 0 Å². The van der Waals surface area contributed by atoms with Crippen LogP contribution in [0.4, 0.5) is 0 Å². The second-order valence-electron chi connectivity index (χ2n) is 2.89. The summed E-state index contributed by atoms with van der Waals surface area (Å²) in [7, 11) is -3.13. The molecule has 0 spiro atoms. The number of furan rings is 1. The first-order chi connectivity index (χ1) is 6.07. The van der Waals surface area contributed by atoms with E-state index in [1.807, 2.05) is 0 Å². The van der Waals surface area contributed by atoms with Crippen LogP contribution < -0.4 is 0 Å². The third-order valence-corrected chi connectivity index (χ3v) is 2.97. The third-order valence-electron chi connectivity index (χ3n) is 1.86. The van der Waals surface area contributed by atoms with Crippen LogP contribution in [-0.4, -0.2) is 14.7 Å². The van der Waals surface area contributed by atoms with Gasteiger partial charge in [0.25, 0.3) is 0 Å². The average Bonchev–Trinajstić information content (AvgIpc) is 2.47. The Bertz CT molecular complexity index is 537. The molecule has 1 aromatic heterocycles. The Morgan fingerprint density at radius 3 is 2.69 bits per heavy atom. The highest BCUT2D eigenvalue weighted by Gasteiger charge is 2.08. The zero-order chi connectivity index (χ0) is 9.47. The largest absolute Gasteiger partial charge is 0.464 e. The Hall–Kier alpha value is -1.29. The lowest BCUT2D eigenvalue weighted by atomic mass is 10.3. The molecule has 0 atom stereocenters. The van der Waals surface area contributed by atoms with Gasteiger partial charge in [-0.25, -0.2) is 8.42 Å². The van der Waals surface area contributed by atoms with Crippen LogP contribution in [0.1, 0.15) is 0 Å². The standard InChI is InChI=1S/C9H8O3S/c1-13(10,11)8-3-2-7-4-5-12-9(7)6-8/h2-6H,1H3. The zero-order valence-corrected chi connectivity index (χ0v) is 7.84. The number of fused-ring (bicyclic) bond motifs is 1. The smallest absolute Gasteiger partial charge is 0.175 e. The first-order valence-corrected chi connectivity index (χ1v) is 5.64. The number of hydrogen-bond donors (Lipinski definition) is 0. The fourth-order valence-electron chi connectivity index (χ4n) is 1.17. The molecule has 0 N–H and O–H groups in total. The van der Waals surface area contributed by atoms with Crippen LogP contribution in [0.25, 0.3) is 11.0 Å². The Morgan fingerprint density at radius 1 is 1.23 bits per heavy atom. The van der Waals surface area contributed by atoms with Crippen LogP contribution in [0, 0.1) is 0 Å². The fourth-order valence-corrected chi connectivity index (χ4v) is 1.80. The summed E-state index contributed by atoms with van der Waals surface area (Å²) in [6.45, 7) is 0. The van der Waals surface area contributed by atoms with E-state index in [2.05, 4.69) is 0 Å². The summed E-state index contributed by atoms with van der Waals surface area (Å²) in [6.07, 6.45) is 2.72. The second kappa shape index (κ2) is 2.60. The molecule has 0 saturated carbocycles. The summed E-state index contributed by atoms with van der Waals surface area (Å²) in [5.74, 6) is 0. The van der Waals surface area contributed by atoms with Gasteiger partial charge >= 0.3 is 0 Å². The van der Waals surface area contributed by atoms with Gasteiger partial charge in [-0.05, 0) is 24.3 Å². The van der Waals surface area contributed by atoms with E-state index >= 15 is 0 Å². The van der Waals surface area contributed by atoms with Gasteiger partial charge in [-0.1, -0.05) is 0 Å². The molecule has 0 aliphatic heterocycles. The van der Waals surface area contributed by atoms with Crippen molar-refractivity contribution >= 4 is 20.8 Å². The van der Waals surface area contributed by atoms with Crippen LogP contribution in [0.15, 0.2) is 39.8 Å². The van der Waals surface area contributed by atoms with E-state index in [0.29, 0.717) is 5.58 Å². The van der Waals surface area contributed by atoms with E-state index < -0.39 is 9.84 Å². The highest BCUT2D eigenvalue weighted by molar-refractivity contribution is 7.90. The van der Waals surface area contributed by atoms with E-state index in [4.69, 9.17) is 4.42 Å². The van der Waals surface area contributed by atoms with Gasteiger partial charge in [0.15, 0.2) is 9.84 Å². The van der Waals surface area contributed by atoms with Crippen molar-refractivity contribution in [1.82, 2.24) is 0 Å². The minimum absolute atomic E-state index is 0.287. The van der Waals surface area contributed by atoms with Crippen molar-refractivity contribution < 1.29 is 12.8 Å². The molecule has 0 bridgehead atoms. The molecule has 0 unspecified atom stereocenters. The van der Waals surface area contributed by atoms with E-state index in [9.17, 15) is 8.42 Å². The van der Waals surface area contributed by atoms with Crippen LogP contribution in [0.3, 0.4) is 0 Å². The molecule has 0 aliphatic carbocycles. The lowest BCUT2D eigenvalue weighted by Crippen LogP contribution is -1.95. The van der Waals surface area contributed by atoms with E-state index in [1.165, 1.54) is 18.6 Å². The Morgan fingerprint density at radius 2 is 2.00 bits per heavy atom. The van der Waals surface area contributed by atoms with Crippen molar-refractivity contribution in [3.63, 3.8) is 0 Å². The molecular weight excluding hydrogens is 188 g/mol. The van der Waals surface area contributed by atoms with Gasteiger partial charge in [0, 0.05) is 11.6 Å². The van der Waals surface area contributed by atoms with Crippen molar-refractivity contribution in [3.8, 4) is 0 Å². The van der Waals surface area contributed by atoms with Crippen LogP contribution in [0.5, 0.6) is 0 Å². The summed E-state index contributed by atoms with van der Waals surface area (Å²) in [4.78, 5) is 0.287. The minimum atomic E-state index is -3.13. The Labute approximate surface area is 75.9 Å². The van der Waals surface area contributed by atoms with Gasteiger partial charge in [0.2, 0.25) is 0 Å². The molecular formula is C9H8O3S. The van der Waals surface area contributed by atoms with E-state index in [1.54, 1.807) is 18.2 Å². The van der Waals surface area contributed by atoms with Gasteiger partial charge in [-0.3, -0.25) is 0 Å². The van der Waals surface area contributed by atoms with Crippen molar-refractivity contribution in [1.29, 1.82) is 0 Å². The van der Waals surface area contributed by atoms with Crippen LogP contribution >= 0.6 is 0 Å². The molecule has 0 radical (unpaired) electrons. The summed E-state index contributed by atoms with van der Waals surface area (Å²) >= 11 is 0. The number of sulfone groups is 1. The summed E-state index contributed by atoms with van der Waals surface area (Å²) in [5, 5.41) is 0.910. The maximum Gasteiger partial charge on any atom is 0.175 e. The van der Waals surface area contributed by atoms with E-state index in [-0.39, 0.29) is 4.90 Å². The van der Waals surface area contributed by atoms with Crippen molar-refractivity contribution in [3.05, 3.63) is 30.5 Å². The van der Waals surface area contributed by atoms with Crippen molar-refractivity contribution in [2.24, 2.45) is 0 Å². The predicted octanol–water partition coefficient (Wildman–Crippen LogP) is 1.84. The summed E-state index contributed by atoms with van der Waals surface area (Å²) in [6, 6.07) is 6.63. The van der Waals surface area contributed by atoms with Gasteiger partial charge in [0.05, 0.1) is 11.2 Å². The normalized spacial score (nSPS) is 12.1. The first-order valence-electron chi connectivity index (χ1n) is 3.75. The number of hydrogen-bond acceptors (Lipinski definition) is 3. The molecule has 4 heteroatoms. The first kappa shape index (κ1) is 8.31. The van der Waals surface area contributed by atoms with Gasteiger partial charge in [-0.15, -0.1) is 0 Å². The molecule has 3 nitrogen and oxygen atoms in total. The molecule has 0 saturated heterocycles. The highest BCUT2D eigenvalue weighted by atomic mass is 32.2. The number of benzene rings is 1. The quantitative estimate of drug-likeness (QED) is 0.699. The molecule has 13 heavy (non-hydrogen) atoms. The molecule has 2 aromatic rings. The number of rotatable bonds is 1. The lowest BCUT2D eigenvalue weighted by Gasteiger charge is -1.96. The molecule has 2 rings (SSSR count). The summed E-state index contributed by atoms with van der Waals surface area (Å²) < 4.78 is 27.4. The lowest BCUT2D eigenvalue weighted by molar-refractivity contribution is 0.599. The molecule has 1 heterocycles. The van der Waals surface area contributed by atoms with Crippen LogP contribution in [-0.2, 0) is 9.84 Å². The van der Waals surface area contributed by atoms with Gasteiger partial charge < -0.3 is 4.42 Å². The van der Waals surface area contributed by atoms with Crippen molar-refractivity contribution in [2.75, 3.05) is 6.26 Å². The molecule has 0 fully saturated rings. The SMILES string of the molecule is CS(=O)(=O)c1ccc2ccoc2c1. The second-order valence-corrected chi connectivity index (χ2v) is 4.91. The monoisotopic (exact) mass is 196 g/mol. The minimum Gasteiger partial charge on any atom is -0.464 e. The maximum atomic E-state index is 11.2. The predicted molar refractivity (Wildman–Crippen MR) is 49.3 cm³/mol. The summed E-state index contributed by atoms with van der Waals surface area (Å²) in [5.41, 5.74) is 0.600. The van der Waals surface area contributed by atoms with E-state index in [0.717, 1.165) is 5.39 Å². The fraction of sp³-hybridized carbons (Fsp3) is 0.111. The molecule has 1 aromatic carbocycles. The topological polar surface area (TPSA) is 47.3 Å². The zero-order valence-electron chi connectivity index (χ0n) is 7.02. The average molecular weight is 196 g/mol. The van der Waals surface area contributed by atoms with Crippen molar-refractivity contribution in [2.45, 2.75) is 4.90 Å².